The van der Waals surface area contributed by atoms with Gasteiger partial charge in [-0.25, -0.2) is 0 Å². The summed E-state index contributed by atoms with van der Waals surface area (Å²) in [6.07, 6.45) is 0.916. The van der Waals surface area contributed by atoms with Crippen molar-refractivity contribution < 1.29 is 4.79 Å². The van der Waals surface area contributed by atoms with E-state index in [-0.39, 0.29) is 5.78 Å². The van der Waals surface area contributed by atoms with E-state index in [4.69, 9.17) is 0 Å². The summed E-state index contributed by atoms with van der Waals surface area (Å²) in [5.41, 5.74) is 2.60. The van der Waals surface area contributed by atoms with Crippen LogP contribution < -0.4 is 0 Å². The zero-order valence-corrected chi connectivity index (χ0v) is 7.72. The van der Waals surface area contributed by atoms with Gasteiger partial charge in [0.1, 0.15) is 0 Å². The van der Waals surface area contributed by atoms with Gasteiger partial charge in [-0.15, -0.1) is 0 Å². The van der Waals surface area contributed by atoms with Gasteiger partial charge in [0.05, 0.1) is 0 Å². The minimum Gasteiger partial charge on any atom is -0.294 e. The molecule has 0 N–H and O–H groups in total. The molecule has 1 rings (SSSR count). The molecule has 0 aliphatic heterocycles. The molecule has 2 heteroatoms. The van der Waals surface area contributed by atoms with Gasteiger partial charge in [-0.3, -0.25) is 9.78 Å². The van der Waals surface area contributed by atoms with Crippen LogP contribution in [0.4, 0.5) is 0 Å². The van der Waals surface area contributed by atoms with Crippen molar-refractivity contribution in [1.29, 1.82) is 0 Å². The van der Waals surface area contributed by atoms with Gasteiger partial charge in [-0.1, -0.05) is 6.92 Å². The Morgan fingerprint density at radius 2 is 2.17 bits per heavy atom. The SMILES string of the molecule is CCc1ccc(C(C)=O)c(C)n1. The number of pyridine rings is 1. The molecule has 0 aliphatic rings. The van der Waals surface area contributed by atoms with Crippen molar-refractivity contribution in [2.75, 3.05) is 0 Å². The highest BCUT2D eigenvalue weighted by atomic mass is 16.1. The highest BCUT2D eigenvalue weighted by molar-refractivity contribution is 5.94. The fourth-order valence-corrected chi connectivity index (χ4v) is 1.18. The van der Waals surface area contributed by atoms with Crippen LogP contribution in [0.2, 0.25) is 0 Å². The van der Waals surface area contributed by atoms with Crippen LogP contribution >= 0.6 is 0 Å². The summed E-state index contributed by atoms with van der Waals surface area (Å²) in [5, 5.41) is 0. The average molecular weight is 163 g/mol. The topological polar surface area (TPSA) is 30.0 Å². The van der Waals surface area contributed by atoms with Gasteiger partial charge in [-0.05, 0) is 32.4 Å². The van der Waals surface area contributed by atoms with Gasteiger partial charge in [0.2, 0.25) is 0 Å². The number of carbonyl (C=O) groups is 1. The van der Waals surface area contributed by atoms with Crippen LogP contribution in [-0.2, 0) is 6.42 Å². The highest BCUT2D eigenvalue weighted by Gasteiger charge is 2.04. The summed E-state index contributed by atoms with van der Waals surface area (Å²) in [4.78, 5) is 15.3. The van der Waals surface area contributed by atoms with Gasteiger partial charge in [-0.2, -0.15) is 0 Å². The molecule has 2 nitrogen and oxygen atoms in total. The minimum absolute atomic E-state index is 0.0858. The molecule has 1 heterocycles. The molecule has 0 saturated carbocycles. The molecule has 0 saturated heterocycles. The van der Waals surface area contributed by atoms with E-state index in [1.54, 1.807) is 6.92 Å². The van der Waals surface area contributed by atoms with Crippen molar-refractivity contribution in [1.82, 2.24) is 4.98 Å². The summed E-state index contributed by atoms with van der Waals surface area (Å²) in [6.45, 7) is 5.49. The molecule has 1 aromatic rings. The second-order valence-electron chi connectivity index (χ2n) is 2.85. The molecule has 0 amide bonds. The second-order valence-corrected chi connectivity index (χ2v) is 2.85. The molecule has 0 radical (unpaired) electrons. The zero-order chi connectivity index (χ0) is 9.14. The standard InChI is InChI=1S/C10H13NO/c1-4-9-5-6-10(8(3)12)7(2)11-9/h5-6H,4H2,1-3H3. The molecule has 64 valence electrons. The maximum atomic E-state index is 11.0. The predicted octanol–water partition coefficient (Wildman–Crippen LogP) is 2.16. The fourth-order valence-electron chi connectivity index (χ4n) is 1.18. The van der Waals surface area contributed by atoms with E-state index >= 15 is 0 Å². The maximum absolute atomic E-state index is 11.0. The lowest BCUT2D eigenvalue weighted by molar-refractivity contribution is 0.101. The van der Waals surface area contributed by atoms with E-state index in [0.29, 0.717) is 0 Å². The third-order valence-electron chi connectivity index (χ3n) is 1.89. The van der Waals surface area contributed by atoms with Crippen molar-refractivity contribution in [3.05, 3.63) is 29.1 Å². The van der Waals surface area contributed by atoms with Gasteiger partial charge in [0, 0.05) is 17.0 Å². The number of Topliss-reactive ketones (excluding diaryl/α,β-unsaturated/α-hetero) is 1. The Labute approximate surface area is 72.6 Å². The number of carbonyl (C=O) groups excluding carboxylic acids is 1. The molecule has 0 atom stereocenters. The van der Waals surface area contributed by atoms with E-state index in [9.17, 15) is 4.79 Å². The van der Waals surface area contributed by atoms with Crippen LogP contribution in [0.1, 0.15) is 35.6 Å². The van der Waals surface area contributed by atoms with Crippen LogP contribution in [-0.4, -0.2) is 10.8 Å². The molecular weight excluding hydrogens is 150 g/mol. The summed E-state index contributed by atoms with van der Waals surface area (Å²) in [5.74, 6) is 0.0858. The Balaban J connectivity index is 3.12. The molecule has 0 bridgehead atoms. The summed E-state index contributed by atoms with van der Waals surface area (Å²) >= 11 is 0. The number of ketones is 1. The highest BCUT2D eigenvalue weighted by Crippen LogP contribution is 2.07. The smallest absolute Gasteiger partial charge is 0.161 e. The Morgan fingerprint density at radius 3 is 2.58 bits per heavy atom. The lowest BCUT2D eigenvalue weighted by atomic mass is 10.1. The van der Waals surface area contributed by atoms with Crippen LogP contribution in [0.25, 0.3) is 0 Å². The predicted molar refractivity (Wildman–Crippen MR) is 48.4 cm³/mol. The summed E-state index contributed by atoms with van der Waals surface area (Å²) < 4.78 is 0. The van der Waals surface area contributed by atoms with E-state index in [2.05, 4.69) is 11.9 Å². The van der Waals surface area contributed by atoms with Crippen molar-refractivity contribution in [2.24, 2.45) is 0 Å². The fraction of sp³-hybridized carbons (Fsp3) is 0.400. The number of rotatable bonds is 2. The Morgan fingerprint density at radius 1 is 1.50 bits per heavy atom. The number of hydrogen-bond acceptors (Lipinski definition) is 2. The van der Waals surface area contributed by atoms with Crippen molar-refractivity contribution in [3.63, 3.8) is 0 Å². The Kier molecular flexibility index (Phi) is 2.58. The Hall–Kier alpha value is -1.18. The third-order valence-corrected chi connectivity index (χ3v) is 1.89. The number of aryl methyl sites for hydroxylation is 2. The molecule has 0 spiro atoms. The van der Waals surface area contributed by atoms with Crippen LogP contribution in [0.15, 0.2) is 12.1 Å². The lowest BCUT2D eigenvalue weighted by Gasteiger charge is -2.02. The Bertz CT molecular complexity index is 305. The first-order valence-electron chi connectivity index (χ1n) is 4.12. The first-order chi connectivity index (χ1) is 5.65. The minimum atomic E-state index is 0.0858. The molecular formula is C10H13NO. The van der Waals surface area contributed by atoms with Gasteiger partial charge in [0.15, 0.2) is 5.78 Å². The summed E-state index contributed by atoms with van der Waals surface area (Å²) in [6, 6.07) is 3.76. The van der Waals surface area contributed by atoms with Crippen molar-refractivity contribution in [2.45, 2.75) is 27.2 Å². The van der Waals surface area contributed by atoms with Gasteiger partial charge in [0.25, 0.3) is 0 Å². The molecule has 0 fully saturated rings. The average Bonchev–Trinajstić information content (AvgIpc) is 2.03. The number of hydrogen-bond donors (Lipinski definition) is 0. The zero-order valence-electron chi connectivity index (χ0n) is 7.72. The normalized spacial score (nSPS) is 9.92. The molecule has 0 unspecified atom stereocenters. The van der Waals surface area contributed by atoms with Crippen molar-refractivity contribution in [3.8, 4) is 0 Å². The number of aromatic nitrogens is 1. The molecule has 0 aromatic carbocycles. The second kappa shape index (κ2) is 3.48. The monoisotopic (exact) mass is 163 g/mol. The molecule has 1 aromatic heterocycles. The summed E-state index contributed by atoms with van der Waals surface area (Å²) in [7, 11) is 0. The molecule has 0 aliphatic carbocycles. The first-order valence-corrected chi connectivity index (χ1v) is 4.12. The van der Waals surface area contributed by atoms with E-state index in [1.807, 2.05) is 19.1 Å². The van der Waals surface area contributed by atoms with Gasteiger partial charge >= 0.3 is 0 Å². The number of nitrogens with zero attached hydrogens (tertiary/aromatic N) is 1. The lowest BCUT2D eigenvalue weighted by Crippen LogP contribution is -2.00. The van der Waals surface area contributed by atoms with Crippen LogP contribution in [0, 0.1) is 6.92 Å². The van der Waals surface area contributed by atoms with E-state index < -0.39 is 0 Å². The van der Waals surface area contributed by atoms with Gasteiger partial charge < -0.3 is 0 Å². The molecule has 12 heavy (non-hydrogen) atoms. The quantitative estimate of drug-likeness (QED) is 0.625. The van der Waals surface area contributed by atoms with E-state index in [1.165, 1.54) is 0 Å². The van der Waals surface area contributed by atoms with Crippen LogP contribution in [0.3, 0.4) is 0 Å². The largest absolute Gasteiger partial charge is 0.294 e. The maximum Gasteiger partial charge on any atom is 0.161 e. The van der Waals surface area contributed by atoms with Crippen LogP contribution in [0.5, 0.6) is 0 Å². The van der Waals surface area contributed by atoms with Crippen molar-refractivity contribution >= 4 is 5.78 Å². The van der Waals surface area contributed by atoms with E-state index in [0.717, 1.165) is 23.4 Å². The first kappa shape index (κ1) is 8.91. The third kappa shape index (κ3) is 1.70.